The fourth-order valence-electron chi connectivity index (χ4n) is 2.72. The molecule has 2 aromatic carbocycles. The highest BCUT2D eigenvalue weighted by Gasteiger charge is 2.22. The fraction of sp³-hybridized carbons (Fsp3) is 0.111. The van der Waals surface area contributed by atoms with Crippen LogP contribution in [0.5, 0.6) is 5.75 Å². The van der Waals surface area contributed by atoms with Crippen molar-refractivity contribution in [3.8, 4) is 5.75 Å². The number of para-hydroxylation sites is 2. The summed E-state index contributed by atoms with van der Waals surface area (Å²) >= 11 is 0. The SMILES string of the molecule is Cc1c(C(=O)O)c2ccccc2n1C(=O)COc1ccccc1F. The topological polar surface area (TPSA) is 68.5 Å². The van der Waals surface area contributed by atoms with Crippen molar-refractivity contribution in [3.63, 3.8) is 0 Å². The predicted molar refractivity (Wildman–Crippen MR) is 86.2 cm³/mol. The zero-order valence-electron chi connectivity index (χ0n) is 12.8. The van der Waals surface area contributed by atoms with Gasteiger partial charge in [0.2, 0.25) is 0 Å². The minimum absolute atomic E-state index is 0.0292. The summed E-state index contributed by atoms with van der Waals surface area (Å²) in [6, 6.07) is 12.5. The van der Waals surface area contributed by atoms with Crippen LogP contribution in [0.25, 0.3) is 10.9 Å². The summed E-state index contributed by atoms with van der Waals surface area (Å²) < 4.78 is 20.1. The monoisotopic (exact) mass is 327 g/mol. The standard InChI is InChI=1S/C18H14FNO4/c1-11-17(18(22)23)12-6-2-4-8-14(12)20(11)16(21)10-24-15-9-5-3-7-13(15)19/h2-9H,10H2,1H3,(H,22,23). The number of carboxylic acid groups (broad SMARTS) is 1. The molecule has 0 unspecified atom stereocenters. The van der Waals surface area contributed by atoms with E-state index in [1.54, 1.807) is 37.3 Å². The van der Waals surface area contributed by atoms with Crippen LogP contribution in [0.1, 0.15) is 20.8 Å². The van der Waals surface area contributed by atoms with Gasteiger partial charge < -0.3 is 9.84 Å². The average Bonchev–Trinajstić information content (AvgIpc) is 2.86. The molecule has 0 aliphatic rings. The molecule has 0 aliphatic carbocycles. The number of aromatic nitrogens is 1. The molecule has 3 rings (SSSR count). The third kappa shape index (κ3) is 2.62. The van der Waals surface area contributed by atoms with Gasteiger partial charge in [0.05, 0.1) is 11.1 Å². The summed E-state index contributed by atoms with van der Waals surface area (Å²) in [7, 11) is 0. The molecule has 0 fully saturated rings. The van der Waals surface area contributed by atoms with Crippen molar-refractivity contribution >= 4 is 22.8 Å². The van der Waals surface area contributed by atoms with Gasteiger partial charge in [-0.2, -0.15) is 0 Å². The number of hydrogen-bond donors (Lipinski definition) is 1. The number of halogens is 1. The number of hydrogen-bond acceptors (Lipinski definition) is 3. The number of aromatic carboxylic acids is 1. The summed E-state index contributed by atoms with van der Waals surface area (Å²) in [5.74, 6) is -2.17. The van der Waals surface area contributed by atoms with Crippen molar-refractivity contribution in [1.29, 1.82) is 0 Å². The van der Waals surface area contributed by atoms with Crippen molar-refractivity contribution in [3.05, 3.63) is 65.6 Å². The molecular weight excluding hydrogens is 313 g/mol. The lowest BCUT2D eigenvalue weighted by atomic mass is 10.1. The first-order valence-electron chi connectivity index (χ1n) is 7.24. The highest BCUT2D eigenvalue weighted by atomic mass is 19.1. The Labute approximate surface area is 136 Å². The second-order valence-electron chi connectivity index (χ2n) is 5.23. The maximum atomic E-state index is 13.6. The molecule has 1 N–H and O–H groups in total. The first kappa shape index (κ1) is 15.7. The first-order chi connectivity index (χ1) is 11.5. The highest BCUT2D eigenvalue weighted by molar-refractivity contribution is 6.08. The lowest BCUT2D eigenvalue weighted by molar-refractivity contribution is 0.0698. The third-order valence-corrected chi connectivity index (χ3v) is 3.76. The number of carboxylic acids is 1. The maximum absolute atomic E-state index is 13.6. The summed E-state index contributed by atoms with van der Waals surface area (Å²) in [6.07, 6.45) is 0. The van der Waals surface area contributed by atoms with E-state index in [1.165, 1.54) is 22.8 Å². The summed E-state index contributed by atoms with van der Waals surface area (Å²) in [6.45, 7) is 1.16. The average molecular weight is 327 g/mol. The van der Waals surface area contributed by atoms with Gasteiger partial charge >= 0.3 is 5.97 Å². The number of benzene rings is 2. The van der Waals surface area contributed by atoms with Gasteiger partial charge in [0, 0.05) is 11.1 Å². The molecule has 0 radical (unpaired) electrons. The van der Waals surface area contributed by atoms with Gasteiger partial charge in [0.25, 0.3) is 5.91 Å². The zero-order valence-corrected chi connectivity index (χ0v) is 12.8. The van der Waals surface area contributed by atoms with Gasteiger partial charge in [0.1, 0.15) is 0 Å². The van der Waals surface area contributed by atoms with Gasteiger partial charge in [-0.05, 0) is 25.1 Å². The third-order valence-electron chi connectivity index (χ3n) is 3.76. The lowest BCUT2D eigenvalue weighted by Gasteiger charge is -2.09. The molecule has 24 heavy (non-hydrogen) atoms. The Kier molecular flexibility index (Phi) is 4.04. The Balaban J connectivity index is 1.97. The molecule has 0 aliphatic heterocycles. The second-order valence-corrected chi connectivity index (χ2v) is 5.23. The molecule has 122 valence electrons. The predicted octanol–water partition coefficient (Wildman–Crippen LogP) is 3.51. The van der Waals surface area contributed by atoms with Gasteiger partial charge in [-0.3, -0.25) is 9.36 Å². The molecule has 0 saturated heterocycles. The highest BCUT2D eigenvalue weighted by Crippen LogP contribution is 2.26. The molecule has 5 nitrogen and oxygen atoms in total. The normalized spacial score (nSPS) is 10.8. The van der Waals surface area contributed by atoms with Crippen molar-refractivity contribution in [2.24, 2.45) is 0 Å². The minimum Gasteiger partial charge on any atom is -0.481 e. The van der Waals surface area contributed by atoms with E-state index in [1.807, 2.05) is 0 Å². The second kappa shape index (κ2) is 6.16. The smallest absolute Gasteiger partial charge is 0.338 e. The number of nitrogens with zero attached hydrogens (tertiary/aromatic N) is 1. The summed E-state index contributed by atoms with van der Waals surface area (Å²) in [4.78, 5) is 24.0. The number of fused-ring (bicyclic) bond motifs is 1. The van der Waals surface area contributed by atoms with Gasteiger partial charge in [-0.25, -0.2) is 9.18 Å². The molecule has 1 aromatic heterocycles. The molecule has 0 amide bonds. The van der Waals surface area contributed by atoms with E-state index in [-0.39, 0.29) is 11.3 Å². The number of carbonyl (C=O) groups is 2. The minimum atomic E-state index is -1.11. The van der Waals surface area contributed by atoms with Crippen molar-refractivity contribution < 1.29 is 23.8 Å². The van der Waals surface area contributed by atoms with Crippen LogP contribution >= 0.6 is 0 Å². The Hall–Kier alpha value is -3.15. The molecular formula is C18H14FNO4. The maximum Gasteiger partial charge on any atom is 0.338 e. The van der Waals surface area contributed by atoms with Crippen LogP contribution in [0.3, 0.4) is 0 Å². The van der Waals surface area contributed by atoms with Gasteiger partial charge in [-0.1, -0.05) is 30.3 Å². The molecule has 0 saturated carbocycles. The van der Waals surface area contributed by atoms with Crippen LogP contribution in [-0.4, -0.2) is 28.2 Å². The number of ether oxygens (including phenoxy) is 1. The van der Waals surface area contributed by atoms with E-state index in [4.69, 9.17) is 4.74 Å². The van der Waals surface area contributed by atoms with Crippen molar-refractivity contribution in [2.75, 3.05) is 6.61 Å². The molecule has 0 spiro atoms. The fourth-order valence-corrected chi connectivity index (χ4v) is 2.72. The van der Waals surface area contributed by atoms with E-state index in [0.29, 0.717) is 16.6 Å². The van der Waals surface area contributed by atoms with Crippen LogP contribution in [0, 0.1) is 12.7 Å². The van der Waals surface area contributed by atoms with Crippen molar-refractivity contribution in [1.82, 2.24) is 4.57 Å². The lowest BCUT2D eigenvalue weighted by Crippen LogP contribution is -2.21. The molecule has 1 heterocycles. The Bertz CT molecular complexity index is 945. The quantitative estimate of drug-likeness (QED) is 0.796. The largest absolute Gasteiger partial charge is 0.481 e. The Morgan fingerprint density at radius 1 is 1.12 bits per heavy atom. The molecule has 6 heteroatoms. The summed E-state index contributed by atoms with van der Waals surface area (Å²) in [5.41, 5.74) is 0.866. The zero-order chi connectivity index (χ0) is 17.3. The number of rotatable bonds is 4. The van der Waals surface area contributed by atoms with Crippen LogP contribution in [0.4, 0.5) is 4.39 Å². The van der Waals surface area contributed by atoms with Crippen LogP contribution in [-0.2, 0) is 0 Å². The number of carbonyl (C=O) groups excluding carboxylic acids is 1. The van der Waals surface area contributed by atoms with Gasteiger partial charge in [0.15, 0.2) is 18.2 Å². The van der Waals surface area contributed by atoms with E-state index >= 15 is 0 Å². The van der Waals surface area contributed by atoms with Crippen LogP contribution in [0.2, 0.25) is 0 Å². The Morgan fingerprint density at radius 2 is 1.79 bits per heavy atom. The van der Waals surface area contributed by atoms with E-state index < -0.39 is 24.3 Å². The van der Waals surface area contributed by atoms with E-state index in [0.717, 1.165) is 0 Å². The summed E-state index contributed by atoms with van der Waals surface area (Å²) in [5, 5.41) is 9.87. The van der Waals surface area contributed by atoms with E-state index in [9.17, 15) is 19.1 Å². The Morgan fingerprint density at radius 3 is 2.50 bits per heavy atom. The van der Waals surface area contributed by atoms with Crippen LogP contribution < -0.4 is 4.74 Å². The van der Waals surface area contributed by atoms with E-state index in [2.05, 4.69) is 0 Å². The molecule has 3 aromatic rings. The van der Waals surface area contributed by atoms with Crippen LogP contribution in [0.15, 0.2) is 48.5 Å². The molecule has 0 atom stereocenters. The molecule has 0 bridgehead atoms. The first-order valence-corrected chi connectivity index (χ1v) is 7.24. The van der Waals surface area contributed by atoms with Crippen molar-refractivity contribution in [2.45, 2.75) is 6.92 Å². The van der Waals surface area contributed by atoms with Gasteiger partial charge in [-0.15, -0.1) is 0 Å².